The van der Waals surface area contributed by atoms with Crippen molar-refractivity contribution in [3.05, 3.63) is 29.8 Å². The summed E-state index contributed by atoms with van der Waals surface area (Å²) in [5, 5.41) is 2.74. The van der Waals surface area contributed by atoms with E-state index in [1.807, 2.05) is 19.1 Å². The van der Waals surface area contributed by atoms with Gasteiger partial charge >= 0.3 is 6.16 Å². The maximum Gasteiger partial charge on any atom is 0.509 e. The van der Waals surface area contributed by atoms with Crippen LogP contribution in [0.2, 0.25) is 0 Å². The molecule has 0 saturated carbocycles. The minimum absolute atomic E-state index is 0.181. The van der Waals surface area contributed by atoms with Gasteiger partial charge in [-0.05, 0) is 6.07 Å². The molecular formula is C12H11NO4. The first-order chi connectivity index (χ1) is 8.14. The van der Waals surface area contributed by atoms with Crippen molar-refractivity contribution in [1.29, 1.82) is 0 Å². The average Bonchev–Trinajstić information content (AvgIpc) is 2.59. The number of carbonyl (C=O) groups excluding carboxylic acids is 2. The first-order valence-electron chi connectivity index (χ1n) is 5.41. The van der Waals surface area contributed by atoms with Crippen molar-refractivity contribution in [3.8, 4) is 0 Å². The van der Waals surface area contributed by atoms with E-state index in [9.17, 15) is 9.59 Å². The van der Waals surface area contributed by atoms with Gasteiger partial charge in [-0.25, -0.2) is 4.79 Å². The molecule has 1 N–H and O–H groups in total. The number of amides is 1. The topological polar surface area (TPSA) is 64.6 Å². The molecule has 0 radical (unpaired) electrons. The fourth-order valence-corrected chi connectivity index (χ4v) is 2.42. The first-order valence-corrected chi connectivity index (χ1v) is 5.41. The van der Waals surface area contributed by atoms with Gasteiger partial charge in [-0.15, -0.1) is 0 Å². The van der Waals surface area contributed by atoms with E-state index in [2.05, 4.69) is 5.32 Å². The number of benzene rings is 1. The van der Waals surface area contributed by atoms with E-state index in [4.69, 9.17) is 9.47 Å². The summed E-state index contributed by atoms with van der Waals surface area (Å²) in [6, 6.07) is 7.22. The van der Waals surface area contributed by atoms with E-state index in [0.717, 1.165) is 0 Å². The molecular weight excluding hydrogens is 222 g/mol. The monoisotopic (exact) mass is 233 g/mol. The zero-order valence-corrected chi connectivity index (χ0v) is 9.23. The second-order valence-electron chi connectivity index (χ2n) is 4.30. The lowest BCUT2D eigenvalue weighted by Crippen LogP contribution is -2.50. The van der Waals surface area contributed by atoms with Crippen LogP contribution < -0.4 is 5.32 Å². The molecule has 1 amide bonds. The van der Waals surface area contributed by atoms with E-state index >= 15 is 0 Å². The Kier molecular flexibility index (Phi) is 1.92. The third-order valence-electron chi connectivity index (χ3n) is 3.30. The Morgan fingerprint density at radius 2 is 2.12 bits per heavy atom. The number of fused-ring (bicyclic) bond motifs is 2. The smallest absolute Gasteiger partial charge is 0.434 e. The number of rotatable bonds is 0. The number of nitrogens with one attached hydrogen (secondary N) is 1. The largest absolute Gasteiger partial charge is 0.509 e. The molecule has 0 unspecified atom stereocenters. The lowest BCUT2D eigenvalue weighted by atomic mass is 9.83. The Morgan fingerprint density at radius 1 is 1.35 bits per heavy atom. The molecule has 1 fully saturated rings. The molecule has 2 atom stereocenters. The molecule has 88 valence electrons. The molecule has 5 heteroatoms. The molecule has 1 spiro atoms. The summed E-state index contributed by atoms with van der Waals surface area (Å²) in [4.78, 5) is 23.4. The summed E-state index contributed by atoms with van der Waals surface area (Å²) >= 11 is 0. The van der Waals surface area contributed by atoms with Gasteiger partial charge in [-0.2, -0.15) is 0 Å². The highest BCUT2D eigenvalue weighted by molar-refractivity contribution is 6.06. The van der Waals surface area contributed by atoms with Crippen LogP contribution in [0.15, 0.2) is 24.3 Å². The van der Waals surface area contributed by atoms with Gasteiger partial charge in [0.15, 0.2) is 0 Å². The summed E-state index contributed by atoms with van der Waals surface area (Å²) in [6.07, 6.45) is -0.796. The number of ether oxygens (including phenoxy) is 2. The molecule has 3 rings (SSSR count). The SMILES string of the molecule is C[C@H]1COC(=O)O[C@@]12C(=O)Nc1ccccc12. The maximum atomic E-state index is 12.1. The van der Waals surface area contributed by atoms with E-state index in [1.54, 1.807) is 12.1 Å². The second kappa shape index (κ2) is 3.23. The summed E-state index contributed by atoms with van der Waals surface area (Å²) < 4.78 is 10.0. The molecule has 1 aromatic carbocycles. The summed E-state index contributed by atoms with van der Waals surface area (Å²) in [5.41, 5.74) is 0.166. The van der Waals surface area contributed by atoms with Gasteiger partial charge in [0.1, 0.15) is 6.61 Å². The first kappa shape index (κ1) is 10.1. The van der Waals surface area contributed by atoms with Crippen LogP contribution >= 0.6 is 0 Å². The van der Waals surface area contributed by atoms with Crippen molar-refractivity contribution in [2.24, 2.45) is 5.92 Å². The number of hydrogen-bond donors (Lipinski definition) is 1. The van der Waals surface area contributed by atoms with Crippen LogP contribution in [0.4, 0.5) is 10.5 Å². The number of para-hydroxylation sites is 1. The van der Waals surface area contributed by atoms with Crippen molar-refractivity contribution in [3.63, 3.8) is 0 Å². The molecule has 0 bridgehead atoms. The van der Waals surface area contributed by atoms with E-state index in [0.29, 0.717) is 11.3 Å². The minimum atomic E-state index is -1.23. The van der Waals surface area contributed by atoms with Crippen LogP contribution in [0.5, 0.6) is 0 Å². The van der Waals surface area contributed by atoms with Crippen molar-refractivity contribution in [2.75, 3.05) is 11.9 Å². The fraction of sp³-hybridized carbons (Fsp3) is 0.333. The predicted octanol–water partition coefficient (Wildman–Crippen LogP) is 1.64. The lowest BCUT2D eigenvalue weighted by Gasteiger charge is -2.36. The standard InChI is InChI=1S/C12H11NO4/c1-7-6-16-11(15)17-12(7)8-4-2-3-5-9(8)13-10(12)14/h2-5,7H,6H2,1H3,(H,13,14)/t7-,12-/m0/s1. The lowest BCUT2D eigenvalue weighted by molar-refractivity contribution is -0.157. The third kappa shape index (κ3) is 1.19. The Morgan fingerprint density at radius 3 is 2.94 bits per heavy atom. The molecule has 2 aliphatic heterocycles. The number of cyclic esters (lactones) is 1. The molecule has 5 nitrogen and oxygen atoms in total. The highest BCUT2D eigenvalue weighted by Gasteiger charge is 2.57. The highest BCUT2D eigenvalue weighted by Crippen LogP contribution is 2.45. The third-order valence-corrected chi connectivity index (χ3v) is 3.30. The van der Waals surface area contributed by atoms with Gasteiger partial charge in [-0.3, -0.25) is 4.79 Å². The number of carbonyl (C=O) groups is 2. The zero-order chi connectivity index (χ0) is 12.0. The van der Waals surface area contributed by atoms with Crippen molar-refractivity contribution < 1.29 is 19.1 Å². The quantitative estimate of drug-likeness (QED) is 0.692. The van der Waals surface area contributed by atoms with Crippen LogP contribution in [0.1, 0.15) is 12.5 Å². The average molecular weight is 233 g/mol. The molecule has 1 saturated heterocycles. The van der Waals surface area contributed by atoms with Gasteiger partial charge in [0.25, 0.3) is 5.91 Å². The Labute approximate surface area is 97.7 Å². The zero-order valence-electron chi connectivity index (χ0n) is 9.23. The normalized spacial score (nSPS) is 30.5. The van der Waals surface area contributed by atoms with Gasteiger partial charge in [-0.1, -0.05) is 25.1 Å². The second-order valence-corrected chi connectivity index (χ2v) is 4.30. The van der Waals surface area contributed by atoms with Gasteiger partial charge in [0.2, 0.25) is 5.60 Å². The molecule has 2 aliphatic rings. The summed E-state index contributed by atoms with van der Waals surface area (Å²) in [6.45, 7) is 2.01. The molecule has 2 heterocycles. The maximum absolute atomic E-state index is 12.1. The Balaban J connectivity index is 2.18. The number of hydrogen-bond acceptors (Lipinski definition) is 4. The predicted molar refractivity (Wildman–Crippen MR) is 58.3 cm³/mol. The van der Waals surface area contributed by atoms with Crippen LogP contribution in [0.25, 0.3) is 0 Å². The number of anilines is 1. The van der Waals surface area contributed by atoms with Gasteiger partial charge < -0.3 is 14.8 Å². The minimum Gasteiger partial charge on any atom is -0.434 e. The Bertz CT molecular complexity index is 513. The van der Waals surface area contributed by atoms with Crippen LogP contribution in [-0.2, 0) is 19.9 Å². The van der Waals surface area contributed by atoms with Crippen LogP contribution in [0.3, 0.4) is 0 Å². The molecule has 1 aromatic rings. The molecule has 0 aliphatic carbocycles. The molecule has 17 heavy (non-hydrogen) atoms. The van der Waals surface area contributed by atoms with Crippen molar-refractivity contribution >= 4 is 17.7 Å². The fourth-order valence-electron chi connectivity index (χ4n) is 2.42. The van der Waals surface area contributed by atoms with Crippen molar-refractivity contribution in [2.45, 2.75) is 12.5 Å². The van der Waals surface area contributed by atoms with Crippen molar-refractivity contribution in [1.82, 2.24) is 0 Å². The van der Waals surface area contributed by atoms with E-state index < -0.39 is 11.8 Å². The van der Waals surface area contributed by atoms with Crippen LogP contribution in [-0.4, -0.2) is 18.7 Å². The summed E-state index contributed by atoms with van der Waals surface area (Å²) in [7, 11) is 0. The van der Waals surface area contributed by atoms with Crippen LogP contribution in [0, 0.1) is 5.92 Å². The molecule has 0 aromatic heterocycles. The van der Waals surface area contributed by atoms with Gasteiger partial charge in [0, 0.05) is 17.2 Å². The van der Waals surface area contributed by atoms with Gasteiger partial charge in [0.05, 0.1) is 0 Å². The summed E-state index contributed by atoms with van der Waals surface area (Å²) in [5.74, 6) is -0.522. The van der Waals surface area contributed by atoms with E-state index in [1.165, 1.54) is 0 Å². The Hall–Kier alpha value is -2.04. The van der Waals surface area contributed by atoms with E-state index in [-0.39, 0.29) is 18.4 Å². The highest BCUT2D eigenvalue weighted by atomic mass is 16.7.